The third-order valence-corrected chi connectivity index (χ3v) is 4.99. The highest BCUT2D eigenvalue weighted by Crippen LogP contribution is 2.25. The number of anilines is 1. The molecular formula is C25H26BrNO3. The van der Waals surface area contributed by atoms with E-state index in [1.165, 1.54) is 0 Å². The van der Waals surface area contributed by atoms with Crippen molar-refractivity contribution in [3.05, 3.63) is 88.4 Å². The summed E-state index contributed by atoms with van der Waals surface area (Å²) >= 11 is 3.44. The molecule has 1 amide bonds. The van der Waals surface area contributed by atoms with E-state index in [-0.39, 0.29) is 5.91 Å². The molecular weight excluding hydrogens is 442 g/mol. The van der Waals surface area contributed by atoms with Gasteiger partial charge in [0.2, 0.25) is 0 Å². The van der Waals surface area contributed by atoms with E-state index in [0.29, 0.717) is 36.1 Å². The molecule has 0 saturated carbocycles. The van der Waals surface area contributed by atoms with Gasteiger partial charge in [-0.15, -0.1) is 0 Å². The maximum atomic E-state index is 12.8. The van der Waals surface area contributed by atoms with E-state index < -0.39 is 0 Å². The minimum absolute atomic E-state index is 0.214. The highest BCUT2D eigenvalue weighted by atomic mass is 79.9. The lowest BCUT2D eigenvalue weighted by Crippen LogP contribution is -2.14. The molecule has 156 valence electrons. The summed E-state index contributed by atoms with van der Waals surface area (Å²) in [6, 6.07) is 22.8. The number of amides is 1. The second kappa shape index (κ2) is 10.8. The van der Waals surface area contributed by atoms with Crippen LogP contribution in [0.3, 0.4) is 0 Å². The molecule has 0 saturated heterocycles. The first-order valence-corrected chi connectivity index (χ1v) is 10.8. The van der Waals surface area contributed by atoms with Crippen LogP contribution in [0.25, 0.3) is 0 Å². The lowest BCUT2D eigenvalue weighted by atomic mass is 10.1. The van der Waals surface area contributed by atoms with Gasteiger partial charge >= 0.3 is 0 Å². The third-order valence-electron chi connectivity index (χ3n) is 4.50. The van der Waals surface area contributed by atoms with Gasteiger partial charge in [0.15, 0.2) is 0 Å². The Morgan fingerprint density at radius 1 is 0.967 bits per heavy atom. The molecule has 0 unspecified atom stereocenters. The Morgan fingerprint density at radius 3 is 2.40 bits per heavy atom. The van der Waals surface area contributed by atoms with Crippen LogP contribution >= 0.6 is 15.9 Å². The van der Waals surface area contributed by atoms with Crippen molar-refractivity contribution in [3.8, 4) is 11.5 Å². The van der Waals surface area contributed by atoms with Crippen molar-refractivity contribution in [1.29, 1.82) is 0 Å². The summed E-state index contributed by atoms with van der Waals surface area (Å²) in [7, 11) is 0. The van der Waals surface area contributed by atoms with Gasteiger partial charge in [0, 0.05) is 10.2 Å². The lowest BCUT2D eigenvalue weighted by molar-refractivity contribution is 0.102. The zero-order chi connectivity index (χ0) is 21.3. The lowest BCUT2D eigenvalue weighted by Gasteiger charge is -2.13. The van der Waals surface area contributed by atoms with Crippen LogP contribution in [0, 0.1) is 5.92 Å². The Hall–Kier alpha value is -2.79. The average Bonchev–Trinajstić information content (AvgIpc) is 2.74. The molecule has 3 aromatic carbocycles. The van der Waals surface area contributed by atoms with Crippen LogP contribution in [0.5, 0.6) is 11.5 Å². The van der Waals surface area contributed by atoms with Gasteiger partial charge in [-0.1, -0.05) is 60.1 Å². The Bertz CT molecular complexity index is 956. The van der Waals surface area contributed by atoms with Crippen LogP contribution in [0.4, 0.5) is 5.69 Å². The molecule has 3 rings (SSSR count). The van der Waals surface area contributed by atoms with Gasteiger partial charge in [-0.3, -0.25) is 4.79 Å². The quantitative estimate of drug-likeness (QED) is 0.380. The van der Waals surface area contributed by atoms with Gasteiger partial charge in [-0.2, -0.15) is 0 Å². The molecule has 0 bridgehead atoms. The minimum Gasteiger partial charge on any atom is -0.493 e. The van der Waals surface area contributed by atoms with Crippen LogP contribution < -0.4 is 14.8 Å². The van der Waals surface area contributed by atoms with Crippen molar-refractivity contribution in [2.75, 3.05) is 11.9 Å². The molecule has 4 nitrogen and oxygen atoms in total. The van der Waals surface area contributed by atoms with Gasteiger partial charge in [0.1, 0.15) is 18.1 Å². The van der Waals surface area contributed by atoms with Crippen LogP contribution in [0.15, 0.2) is 77.3 Å². The fourth-order valence-electron chi connectivity index (χ4n) is 2.78. The van der Waals surface area contributed by atoms with Gasteiger partial charge in [0.05, 0.1) is 12.2 Å². The number of carbonyl (C=O) groups is 1. The molecule has 3 aromatic rings. The van der Waals surface area contributed by atoms with Crippen LogP contribution in [0.2, 0.25) is 0 Å². The highest BCUT2D eigenvalue weighted by Gasteiger charge is 2.14. The Morgan fingerprint density at radius 2 is 1.70 bits per heavy atom. The van der Waals surface area contributed by atoms with Crippen molar-refractivity contribution >= 4 is 27.5 Å². The Balaban J connectivity index is 1.62. The maximum absolute atomic E-state index is 12.8. The zero-order valence-corrected chi connectivity index (χ0v) is 18.8. The number of nitrogens with one attached hydrogen (secondary N) is 1. The number of halogens is 1. The second-order valence-electron chi connectivity index (χ2n) is 7.42. The summed E-state index contributed by atoms with van der Waals surface area (Å²) in [5.41, 5.74) is 2.30. The number of hydrogen-bond acceptors (Lipinski definition) is 3. The van der Waals surface area contributed by atoms with Crippen LogP contribution in [0.1, 0.15) is 36.2 Å². The first kappa shape index (κ1) is 21.9. The molecule has 5 heteroatoms. The van der Waals surface area contributed by atoms with Crippen molar-refractivity contribution in [1.82, 2.24) is 0 Å². The van der Waals surface area contributed by atoms with E-state index in [2.05, 4.69) is 35.1 Å². The Labute approximate surface area is 186 Å². The van der Waals surface area contributed by atoms with E-state index in [9.17, 15) is 4.79 Å². The van der Waals surface area contributed by atoms with Gasteiger partial charge in [-0.25, -0.2) is 0 Å². The molecule has 0 aliphatic rings. The van der Waals surface area contributed by atoms with E-state index in [0.717, 1.165) is 22.2 Å². The van der Waals surface area contributed by atoms with Gasteiger partial charge in [0.25, 0.3) is 5.91 Å². The summed E-state index contributed by atoms with van der Waals surface area (Å²) in [4.78, 5) is 12.8. The fraction of sp³-hybridized carbons (Fsp3) is 0.240. The summed E-state index contributed by atoms with van der Waals surface area (Å²) in [5.74, 6) is 1.66. The van der Waals surface area contributed by atoms with Crippen molar-refractivity contribution < 1.29 is 14.3 Å². The molecule has 0 aromatic heterocycles. The highest BCUT2D eigenvalue weighted by molar-refractivity contribution is 9.10. The second-order valence-corrected chi connectivity index (χ2v) is 8.34. The molecule has 0 aliphatic heterocycles. The summed E-state index contributed by atoms with van der Waals surface area (Å²) in [5, 5.41) is 2.93. The van der Waals surface area contributed by atoms with Crippen molar-refractivity contribution in [3.63, 3.8) is 0 Å². The van der Waals surface area contributed by atoms with Crippen molar-refractivity contribution in [2.45, 2.75) is 26.9 Å². The standard InChI is InChI=1S/C25H26BrNO3/c1-18(2)14-15-29-24-13-8-20(26)16-23(24)25(28)27-21-9-11-22(12-10-21)30-17-19-6-4-3-5-7-19/h3-13,16,18H,14-15,17H2,1-2H3,(H,27,28). The first-order chi connectivity index (χ1) is 14.5. The van der Waals surface area contributed by atoms with E-state index >= 15 is 0 Å². The Kier molecular flexibility index (Phi) is 7.91. The van der Waals surface area contributed by atoms with Gasteiger partial charge < -0.3 is 14.8 Å². The fourth-order valence-corrected chi connectivity index (χ4v) is 3.15. The molecule has 0 heterocycles. The van der Waals surface area contributed by atoms with Crippen molar-refractivity contribution in [2.24, 2.45) is 5.92 Å². The van der Waals surface area contributed by atoms with Gasteiger partial charge in [-0.05, 0) is 60.4 Å². The third kappa shape index (κ3) is 6.63. The molecule has 1 N–H and O–H groups in total. The summed E-state index contributed by atoms with van der Waals surface area (Å²) in [6.45, 7) is 5.37. The zero-order valence-electron chi connectivity index (χ0n) is 17.2. The average molecular weight is 468 g/mol. The number of rotatable bonds is 9. The molecule has 0 fully saturated rings. The largest absolute Gasteiger partial charge is 0.493 e. The molecule has 0 atom stereocenters. The number of benzene rings is 3. The number of hydrogen-bond donors (Lipinski definition) is 1. The monoisotopic (exact) mass is 467 g/mol. The van der Waals surface area contributed by atoms with E-state index in [4.69, 9.17) is 9.47 Å². The van der Waals surface area contributed by atoms with E-state index in [1.807, 2.05) is 66.7 Å². The summed E-state index contributed by atoms with van der Waals surface area (Å²) < 4.78 is 12.5. The van der Waals surface area contributed by atoms with Crippen LogP contribution in [-0.4, -0.2) is 12.5 Å². The molecule has 0 radical (unpaired) electrons. The summed E-state index contributed by atoms with van der Waals surface area (Å²) in [6.07, 6.45) is 0.932. The normalized spacial score (nSPS) is 10.7. The predicted molar refractivity (Wildman–Crippen MR) is 124 cm³/mol. The first-order valence-electron chi connectivity index (χ1n) is 10.0. The van der Waals surface area contributed by atoms with E-state index in [1.54, 1.807) is 6.07 Å². The van der Waals surface area contributed by atoms with Crippen LogP contribution in [-0.2, 0) is 6.61 Å². The SMILES string of the molecule is CC(C)CCOc1ccc(Br)cc1C(=O)Nc1ccc(OCc2ccccc2)cc1. The minimum atomic E-state index is -0.214. The molecule has 30 heavy (non-hydrogen) atoms. The number of ether oxygens (including phenoxy) is 2. The molecule has 0 aliphatic carbocycles. The molecule has 0 spiro atoms. The maximum Gasteiger partial charge on any atom is 0.259 e. The smallest absolute Gasteiger partial charge is 0.259 e. The predicted octanol–water partition coefficient (Wildman–Crippen LogP) is 6.71. The number of carbonyl (C=O) groups excluding carboxylic acids is 1. The topological polar surface area (TPSA) is 47.6 Å².